The zero-order valence-electron chi connectivity index (χ0n) is 10.5. The minimum atomic E-state index is -0.635. The van der Waals surface area contributed by atoms with Crippen LogP contribution in [0.2, 0.25) is 0 Å². The van der Waals surface area contributed by atoms with Crippen molar-refractivity contribution in [3.05, 3.63) is 30.1 Å². The van der Waals surface area contributed by atoms with Crippen molar-refractivity contribution in [3.63, 3.8) is 0 Å². The standard InChI is InChI=1S/C14H20N2O2/c17-14(18)13-6-3-4-11(13)10-15-9-7-12-5-1-2-8-16-12/h1-2,5,8,11,13,15H,3-4,6-7,9-10H2,(H,17,18). The van der Waals surface area contributed by atoms with Crippen LogP contribution >= 0.6 is 0 Å². The molecule has 4 heteroatoms. The van der Waals surface area contributed by atoms with E-state index in [0.717, 1.165) is 44.5 Å². The molecule has 0 aliphatic heterocycles. The maximum atomic E-state index is 11.0. The predicted octanol–water partition coefficient (Wildman–Crippen LogP) is 1.71. The number of hydrogen-bond acceptors (Lipinski definition) is 3. The number of carboxylic acid groups (broad SMARTS) is 1. The number of carboxylic acids is 1. The number of nitrogens with zero attached hydrogens (tertiary/aromatic N) is 1. The summed E-state index contributed by atoms with van der Waals surface area (Å²) in [6, 6.07) is 5.91. The zero-order chi connectivity index (χ0) is 12.8. The topological polar surface area (TPSA) is 62.2 Å². The summed E-state index contributed by atoms with van der Waals surface area (Å²) in [6.45, 7) is 1.67. The molecule has 0 bridgehead atoms. The second-order valence-corrected chi connectivity index (χ2v) is 4.91. The summed E-state index contributed by atoms with van der Waals surface area (Å²) in [4.78, 5) is 15.3. The molecule has 1 aromatic rings. The van der Waals surface area contributed by atoms with Crippen LogP contribution in [0.1, 0.15) is 25.0 Å². The van der Waals surface area contributed by atoms with Crippen LogP contribution in [0.25, 0.3) is 0 Å². The van der Waals surface area contributed by atoms with E-state index in [1.54, 1.807) is 6.20 Å². The van der Waals surface area contributed by atoms with Gasteiger partial charge in [-0.3, -0.25) is 9.78 Å². The smallest absolute Gasteiger partial charge is 0.306 e. The highest BCUT2D eigenvalue weighted by atomic mass is 16.4. The van der Waals surface area contributed by atoms with Gasteiger partial charge in [-0.05, 0) is 37.4 Å². The first-order valence-electron chi connectivity index (χ1n) is 6.61. The van der Waals surface area contributed by atoms with Gasteiger partial charge < -0.3 is 10.4 Å². The Hall–Kier alpha value is -1.42. The molecule has 0 spiro atoms. The Morgan fingerprint density at radius 1 is 1.44 bits per heavy atom. The Morgan fingerprint density at radius 2 is 2.33 bits per heavy atom. The van der Waals surface area contributed by atoms with Gasteiger partial charge in [-0.2, -0.15) is 0 Å². The molecule has 2 atom stereocenters. The average Bonchev–Trinajstić information content (AvgIpc) is 2.84. The number of carbonyl (C=O) groups is 1. The van der Waals surface area contributed by atoms with E-state index in [4.69, 9.17) is 5.11 Å². The molecule has 4 nitrogen and oxygen atoms in total. The predicted molar refractivity (Wildman–Crippen MR) is 69.3 cm³/mol. The third-order valence-corrected chi connectivity index (χ3v) is 3.67. The van der Waals surface area contributed by atoms with E-state index in [-0.39, 0.29) is 5.92 Å². The van der Waals surface area contributed by atoms with Crippen LogP contribution in [0.15, 0.2) is 24.4 Å². The first-order chi connectivity index (χ1) is 8.77. The fourth-order valence-electron chi connectivity index (χ4n) is 2.66. The molecule has 0 aromatic carbocycles. The monoisotopic (exact) mass is 248 g/mol. The Kier molecular flexibility index (Phi) is 4.70. The molecule has 2 rings (SSSR count). The number of nitrogens with one attached hydrogen (secondary N) is 1. The second-order valence-electron chi connectivity index (χ2n) is 4.91. The summed E-state index contributed by atoms with van der Waals surface area (Å²) in [5.74, 6) is -0.484. The molecule has 0 amide bonds. The number of rotatable bonds is 6. The van der Waals surface area contributed by atoms with Crippen molar-refractivity contribution in [2.24, 2.45) is 11.8 Å². The van der Waals surface area contributed by atoms with Crippen molar-refractivity contribution in [2.75, 3.05) is 13.1 Å². The first-order valence-corrected chi connectivity index (χ1v) is 6.61. The summed E-state index contributed by atoms with van der Waals surface area (Å²) in [5, 5.41) is 12.4. The van der Waals surface area contributed by atoms with Crippen LogP contribution in [-0.2, 0) is 11.2 Å². The Balaban J connectivity index is 1.68. The van der Waals surface area contributed by atoms with Gasteiger partial charge in [0, 0.05) is 24.9 Å². The van der Waals surface area contributed by atoms with E-state index in [0.29, 0.717) is 5.92 Å². The lowest BCUT2D eigenvalue weighted by Crippen LogP contribution is -2.30. The minimum absolute atomic E-state index is 0.146. The van der Waals surface area contributed by atoms with E-state index in [1.165, 1.54) is 0 Å². The Labute approximate surface area is 107 Å². The summed E-state index contributed by atoms with van der Waals surface area (Å²) >= 11 is 0. The van der Waals surface area contributed by atoms with Crippen molar-refractivity contribution >= 4 is 5.97 Å². The van der Waals surface area contributed by atoms with Crippen molar-refractivity contribution in [1.82, 2.24) is 10.3 Å². The molecule has 2 N–H and O–H groups in total. The Bertz CT molecular complexity index is 381. The van der Waals surface area contributed by atoms with Gasteiger partial charge in [0.25, 0.3) is 0 Å². The van der Waals surface area contributed by atoms with Crippen LogP contribution < -0.4 is 5.32 Å². The molecule has 1 aromatic heterocycles. The van der Waals surface area contributed by atoms with Crippen molar-refractivity contribution in [3.8, 4) is 0 Å². The SMILES string of the molecule is O=C(O)C1CCCC1CNCCc1ccccn1. The van der Waals surface area contributed by atoms with Crippen LogP contribution in [0.3, 0.4) is 0 Å². The number of aliphatic carboxylic acids is 1. The molecule has 1 aliphatic rings. The highest BCUT2D eigenvalue weighted by Gasteiger charge is 2.32. The molecule has 2 unspecified atom stereocenters. The van der Waals surface area contributed by atoms with E-state index in [2.05, 4.69) is 10.3 Å². The summed E-state index contributed by atoms with van der Waals surface area (Å²) < 4.78 is 0. The number of aromatic nitrogens is 1. The van der Waals surface area contributed by atoms with E-state index < -0.39 is 5.97 Å². The fraction of sp³-hybridized carbons (Fsp3) is 0.571. The largest absolute Gasteiger partial charge is 0.481 e. The maximum absolute atomic E-state index is 11.0. The summed E-state index contributed by atoms with van der Waals surface area (Å²) in [5.41, 5.74) is 1.08. The maximum Gasteiger partial charge on any atom is 0.306 e. The van der Waals surface area contributed by atoms with Gasteiger partial charge in [0.1, 0.15) is 0 Å². The number of hydrogen-bond donors (Lipinski definition) is 2. The molecular formula is C14H20N2O2. The first kappa shape index (κ1) is 13.0. The minimum Gasteiger partial charge on any atom is -0.481 e. The number of pyridine rings is 1. The van der Waals surface area contributed by atoms with Gasteiger partial charge in [0.05, 0.1) is 5.92 Å². The van der Waals surface area contributed by atoms with Gasteiger partial charge in [-0.25, -0.2) is 0 Å². The summed E-state index contributed by atoms with van der Waals surface area (Å²) in [6.07, 6.45) is 5.61. The van der Waals surface area contributed by atoms with Crippen molar-refractivity contribution in [1.29, 1.82) is 0 Å². The lowest BCUT2D eigenvalue weighted by atomic mass is 9.96. The third-order valence-electron chi connectivity index (χ3n) is 3.67. The fourth-order valence-corrected chi connectivity index (χ4v) is 2.66. The summed E-state index contributed by atoms with van der Waals surface area (Å²) in [7, 11) is 0. The molecule has 98 valence electrons. The molecule has 18 heavy (non-hydrogen) atoms. The van der Waals surface area contributed by atoms with Gasteiger partial charge in [-0.1, -0.05) is 12.5 Å². The van der Waals surface area contributed by atoms with Crippen LogP contribution in [0.4, 0.5) is 0 Å². The molecule has 1 aliphatic carbocycles. The molecule has 1 heterocycles. The van der Waals surface area contributed by atoms with Gasteiger partial charge in [-0.15, -0.1) is 0 Å². The molecule has 0 radical (unpaired) electrons. The van der Waals surface area contributed by atoms with Gasteiger partial charge in [0.15, 0.2) is 0 Å². The zero-order valence-corrected chi connectivity index (χ0v) is 10.5. The van der Waals surface area contributed by atoms with Gasteiger partial charge in [0.2, 0.25) is 0 Å². The molecular weight excluding hydrogens is 228 g/mol. The lowest BCUT2D eigenvalue weighted by molar-refractivity contribution is -0.142. The highest BCUT2D eigenvalue weighted by molar-refractivity contribution is 5.70. The Morgan fingerprint density at radius 3 is 3.06 bits per heavy atom. The van der Waals surface area contributed by atoms with E-state index in [9.17, 15) is 4.79 Å². The molecule has 1 saturated carbocycles. The third kappa shape index (κ3) is 3.53. The average molecular weight is 248 g/mol. The lowest BCUT2D eigenvalue weighted by Gasteiger charge is -2.16. The highest BCUT2D eigenvalue weighted by Crippen LogP contribution is 2.31. The molecule has 1 fully saturated rings. The van der Waals surface area contributed by atoms with Crippen molar-refractivity contribution < 1.29 is 9.90 Å². The van der Waals surface area contributed by atoms with E-state index >= 15 is 0 Å². The van der Waals surface area contributed by atoms with E-state index in [1.807, 2.05) is 18.2 Å². The van der Waals surface area contributed by atoms with Gasteiger partial charge >= 0.3 is 5.97 Å². The normalized spacial score (nSPS) is 23.1. The van der Waals surface area contributed by atoms with Crippen LogP contribution in [0, 0.1) is 11.8 Å². The van der Waals surface area contributed by atoms with Crippen molar-refractivity contribution in [2.45, 2.75) is 25.7 Å². The molecule has 0 saturated heterocycles. The van der Waals surface area contributed by atoms with Crippen LogP contribution in [-0.4, -0.2) is 29.1 Å². The second kappa shape index (κ2) is 6.50. The van der Waals surface area contributed by atoms with Crippen LogP contribution in [0.5, 0.6) is 0 Å². The quantitative estimate of drug-likeness (QED) is 0.752.